The third kappa shape index (κ3) is 3.66. The summed E-state index contributed by atoms with van der Waals surface area (Å²) >= 11 is 0. The van der Waals surface area contributed by atoms with Gasteiger partial charge in [-0.05, 0) is 84.5 Å². The number of H-pyrrole nitrogens is 1. The molecule has 34 heavy (non-hydrogen) atoms. The Hall–Kier alpha value is -3.59. The van der Waals surface area contributed by atoms with Crippen LogP contribution in [0.3, 0.4) is 0 Å². The van der Waals surface area contributed by atoms with Crippen molar-refractivity contribution < 1.29 is 9.59 Å². The van der Waals surface area contributed by atoms with Crippen LogP contribution in [0, 0.1) is 5.92 Å². The van der Waals surface area contributed by atoms with Crippen molar-refractivity contribution >= 4 is 11.8 Å². The molecule has 0 bridgehead atoms. The molecule has 0 unspecified atom stereocenters. The summed E-state index contributed by atoms with van der Waals surface area (Å²) in [5.74, 6) is 0.750. The standard InChI is InChI=1S/C25H29N7O2/c1-27-22(33)17-7-9-19-15(11-17)5-6-16-12-18(23(34)28-2)8-10-20(16)25(19,24-29-31-32-30-24)13-21(26)14-3-4-14/h7-12,14,21H,3-6,13,26H2,1-2H3,(H,27,33)(H,28,34)(H,29,30,31,32)/t21-/m0/s1. The number of fused-ring (bicyclic) bond motifs is 2. The summed E-state index contributed by atoms with van der Waals surface area (Å²) in [7, 11) is 3.25. The average Bonchev–Trinajstić information content (AvgIpc) is 3.60. The molecule has 3 aromatic rings. The number of aromatic amines is 1. The van der Waals surface area contributed by atoms with E-state index < -0.39 is 5.41 Å². The average molecular weight is 460 g/mol. The van der Waals surface area contributed by atoms with Gasteiger partial charge < -0.3 is 16.4 Å². The van der Waals surface area contributed by atoms with Crippen LogP contribution in [0.1, 0.15) is 68.1 Å². The molecule has 5 N–H and O–H groups in total. The van der Waals surface area contributed by atoms with Gasteiger partial charge in [-0.15, -0.1) is 10.2 Å². The topological polar surface area (TPSA) is 139 Å². The lowest BCUT2D eigenvalue weighted by molar-refractivity contribution is 0.0955. The number of carbonyl (C=O) groups is 2. The molecule has 0 aliphatic heterocycles. The van der Waals surface area contributed by atoms with E-state index in [4.69, 9.17) is 5.73 Å². The van der Waals surface area contributed by atoms with Crippen molar-refractivity contribution in [3.05, 3.63) is 75.6 Å². The Morgan fingerprint density at radius 3 is 2.03 bits per heavy atom. The second-order valence-corrected chi connectivity index (χ2v) is 9.25. The SMILES string of the molecule is CNC(=O)c1ccc2c(c1)CCc1cc(C(=O)NC)ccc1C2(C[C@H](N)C1CC1)c1nn[nH]n1. The molecule has 9 heteroatoms. The van der Waals surface area contributed by atoms with Gasteiger partial charge in [0.15, 0.2) is 5.82 Å². The van der Waals surface area contributed by atoms with E-state index in [1.807, 2.05) is 36.4 Å². The Kier molecular flexibility index (Phi) is 5.65. The lowest BCUT2D eigenvalue weighted by atomic mass is 9.67. The summed E-state index contributed by atoms with van der Waals surface area (Å²) < 4.78 is 0. The Balaban J connectivity index is 1.77. The predicted molar refractivity (Wildman–Crippen MR) is 126 cm³/mol. The van der Waals surface area contributed by atoms with E-state index in [0.717, 1.165) is 35.1 Å². The van der Waals surface area contributed by atoms with Crippen molar-refractivity contribution in [2.75, 3.05) is 14.1 Å². The van der Waals surface area contributed by atoms with Gasteiger partial charge in [0.2, 0.25) is 0 Å². The van der Waals surface area contributed by atoms with Crippen LogP contribution < -0.4 is 16.4 Å². The molecule has 1 atom stereocenters. The minimum Gasteiger partial charge on any atom is -0.355 e. The number of nitrogens with zero attached hydrogens (tertiary/aromatic N) is 3. The minimum atomic E-state index is -0.751. The molecule has 1 fully saturated rings. The number of aryl methyl sites for hydroxylation is 2. The first-order valence-corrected chi connectivity index (χ1v) is 11.7. The Morgan fingerprint density at radius 1 is 1.03 bits per heavy atom. The molecular formula is C25H29N7O2. The fraction of sp³-hybridized carbons (Fsp3) is 0.400. The Labute approximate surface area is 197 Å². The van der Waals surface area contributed by atoms with Crippen molar-refractivity contribution in [2.24, 2.45) is 11.7 Å². The number of hydrogen-bond donors (Lipinski definition) is 4. The maximum Gasteiger partial charge on any atom is 0.251 e. The van der Waals surface area contributed by atoms with E-state index in [1.54, 1.807) is 14.1 Å². The fourth-order valence-corrected chi connectivity index (χ4v) is 5.36. The van der Waals surface area contributed by atoms with Crippen LogP contribution in [0.4, 0.5) is 0 Å². The number of nitrogens with one attached hydrogen (secondary N) is 3. The number of carbonyl (C=O) groups excluding carboxylic acids is 2. The maximum absolute atomic E-state index is 12.4. The maximum atomic E-state index is 12.4. The highest BCUT2D eigenvalue weighted by molar-refractivity contribution is 5.95. The fourth-order valence-electron chi connectivity index (χ4n) is 5.36. The molecule has 9 nitrogen and oxygen atoms in total. The number of aromatic nitrogens is 4. The first-order valence-electron chi connectivity index (χ1n) is 11.7. The molecule has 1 aromatic heterocycles. The number of amides is 2. The summed E-state index contributed by atoms with van der Waals surface area (Å²) in [6, 6.07) is 11.6. The van der Waals surface area contributed by atoms with E-state index in [2.05, 4.69) is 31.3 Å². The number of benzene rings is 2. The molecule has 0 spiro atoms. The summed E-state index contributed by atoms with van der Waals surface area (Å²) in [5, 5.41) is 20.9. The first-order chi connectivity index (χ1) is 16.5. The highest BCUT2D eigenvalue weighted by atomic mass is 16.2. The quantitative estimate of drug-likeness (QED) is 0.440. The van der Waals surface area contributed by atoms with Gasteiger partial charge in [0.1, 0.15) is 0 Å². The first kappa shape index (κ1) is 22.2. The van der Waals surface area contributed by atoms with Gasteiger partial charge in [-0.25, -0.2) is 0 Å². The Morgan fingerprint density at radius 2 is 1.59 bits per heavy atom. The summed E-state index contributed by atoms with van der Waals surface area (Å²) in [6.45, 7) is 0. The van der Waals surface area contributed by atoms with Crippen molar-refractivity contribution in [2.45, 2.75) is 43.6 Å². The molecule has 2 aliphatic carbocycles. The van der Waals surface area contributed by atoms with Crippen LogP contribution in [0.5, 0.6) is 0 Å². The molecule has 1 heterocycles. The predicted octanol–water partition coefficient (Wildman–Crippen LogP) is 1.48. The molecule has 2 aliphatic rings. The van der Waals surface area contributed by atoms with Gasteiger partial charge in [-0.1, -0.05) is 17.3 Å². The van der Waals surface area contributed by atoms with Gasteiger partial charge in [-0.2, -0.15) is 5.21 Å². The zero-order valence-electron chi connectivity index (χ0n) is 19.4. The third-order valence-corrected chi connectivity index (χ3v) is 7.27. The third-order valence-electron chi connectivity index (χ3n) is 7.27. The van der Waals surface area contributed by atoms with Crippen LogP contribution in [0.25, 0.3) is 0 Å². The highest BCUT2D eigenvalue weighted by Crippen LogP contribution is 2.49. The smallest absolute Gasteiger partial charge is 0.251 e. The molecule has 2 amide bonds. The van der Waals surface area contributed by atoms with Gasteiger partial charge >= 0.3 is 0 Å². The molecule has 5 rings (SSSR count). The second-order valence-electron chi connectivity index (χ2n) is 9.25. The lowest BCUT2D eigenvalue weighted by Gasteiger charge is -2.36. The van der Waals surface area contributed by atoms with Gasteiger partial charge in [-0.3, -0.25) is 9.59 Å². The number of tetrazole rings is 1. The van der Waals surface area contributed by atoms with E-state index in [1.165, 1.54) is 0 Å². The van der Waals surface area contributed by atoms with Crippen molar-refractivity contribution in [3.8, 4) is 0 Å². The molecule has 0 saturated heterocycles. The lowest BCUT2D eigenvalue weighted by Crippen LogP contribution is -2.40. The summed E-state index contributed by atoms with van der Waals surface area (Å²) in [4.78, 5) is 24.8. The van der Waals surface area contributed by atoms with Crippen molar-refractivity contribution in [1.82, 2.24) is 31.3 Å². The van der Waals surface area contributed by atoms with E-state index in [-0.39, 0.29) is 17.9 Å². The highest BCUT2D eigenvalue weighted by Gasteiger charge is 2.47. The number of rotatable bonds is 6. The van der Waals surface area contributed by atoms with Crippen LogP contribution in [0.15, 0.2) is 36.4 Å². The van der Waals surface area contributed by atoms with E-state index in [0.29, 0.717) is 42.1 Å². The monoisotopic (exact) mass is 459 g/mol. The minimum absolute atomic E-state index is 0.0467. The van der Waals surface area contributed by atoms with Crippen molar-refractivity contribution in [3.63, 3.8) is 0 Å². The van der Waals surface area contributed by atoms with Crippen molar-refractivity contribution in [1.29, 1.82) is 0 Å². The zero-order valence-corrected chi connectivity index (χ0v) is 19.4. The number of hydrogen-bond acceptors (Lipinski definition) is 6. The molecule has 176 valence electrons. The summed E-state index contributed by atoms with van der Waals surface area (Å²) in [5.41, 5.74) is 11.4. The molecular weight excluding hydrogens is 430 g/mol. The van der Waals surface area contributed by atoms with Crippen LogP contribution in [-0.4, -0.2) is 52.6 Å². The van der Waals surface area contributed by atoms with Crippen LogP contribution >= 0.6 is 0 Å². The second kappa shape index (κ2) is 8.64. The van der Waals surface area contributed by atoms with Gasteiger partial charge in [0.25, 0.3) is 11.8 Å². The molecule has 2 aromatic carbocycles. The summed E-state index contributed by atoms with van der Waals surface area (Å²) in [6.07, 6.45) is 4.27. The van der Waals surface area contributed by atoms with E-state index >= 15 is 0 Å². The molecule has 1 saturated carbocycles. The van der Waals surface area contributed by atoms with Crippen LogP contribution in [0.2, 0.25) is 0 Å². The van der Waals surface area contributed by atoms with E-state index in [9.17, 15) is 9.59 Å². The molecule has 0 radical (unpaired) electrons. The number of nitrogens with two attached hydrogens (primary N) is 1. The van der Waals surface area contributed by atoms with Gasteiger partial charge in [0.05, 0.1) is 5.41 Å². The largest absolute Gasteiger partial charge is 0.355 e. The zero-order chi connectivity index (χ0) is 23.9. The normalized spacial score (nSPS) is 17.1. The Bertz CT molecular complexity index is 1170. The van der Waals surface area contributed by atoms with Gasteiger partial charge in [0, 0.05) is 31.3 Å². The van der Waals surface area contributed by atoms with Crippen LogP contribution in [-0.2, 0) is 18.3 Å².